The van der Waals surface area contributed by atoms with Crippen LogP contribution in [0.1, 0.15) is 30.4 Å². The topological polar surface area (TPSA) is 62.7 Å². The van der Waals surface area contributed by atoms with Gasteiger partial charge in [-0.2, -0.15) is 0 Å². The van der Waals surface area contributed by atoms with E-state index in [9.17, 15) is 4.79 Å². The second kappa shape index (κ2) is 4.98. The smallest absolute Gasteiger partial charge is 0.222 e. The Kier molecular flexibility index (Phi) is 3.33. The molecule has 2 unspecified atom stereocenters. The highest BCUT2D eigenvalue weighted by atomic mass is 16.3. The van der Waals surface area contributed by atoms with E-state index in [4.69, 9.17) is 10.2 Å². The minimum Gasteiger partial charge on any atom is -0.465 e. The third-order valence-corrected chi connectivity index (χ3v) is 4.28. The van der Waals surface area contributed by atoms with E-state index in [0.717, 1.165) is 37.6 Å². The van der Waals surface area contributed by atoms with E-state index in [0.29, 0.717) is 24.9 Å². The summed E-state index contributed by atoms with van der Waals surface area (Å²) in [6, 6.07) is 4.49. The van der Waals surface area contributed by atoms with Gasteiger partial charge in [0.15, 0.2) is 0 Å². The molecule has 1 aromatic heterocycles. The highest BCUT2D eigenvalue weighted by Crippen LogP contribution is 2.29. The van der Waals surface area contributed by atoms with Gasteiger partial charge in [-0.15, -0.1) is 0 Å². The van der Waals surface area contributed by atoms with Crippen molar-refractivity contribution in [2.24, 2.45) is 5.73 Å². The molecule has 1 aromatic rings. The fraction of sp³-hybridized carbons (Fsp3) is 0.643. The number of furan rings is 1. The van der Waals surface area contributed by atoms with Crippen LogP contribution in [0.5, 0.6) is 0 Å². The minimum atomic E-state index is 0.131. The van der Waals surface area contributed by atoms with E-state index in [-0.39, 0.29) is 6.04 Å². The van der Waals surface area contributed by atoms with Gasteiger partial charge < -0.3 is 15.1 Å². The maximum atomic E-state index is 11.7. The van der Waals surface area contributed by atoms with Crippen molar-refractivity contribution in [3.63, 3.8) is 0 Å². The van der Waals surface area contributed by atoms with Crippen molar-refractivity contribution in [3.8, 4) is 0 Å². The number of carbonyl (C=O) groups excluding carboxylic acids is 1. The Morgan fingerprint density at radius 3 is 3.00 bits per heavy atom. The standard InChI is InChI=1S/C14H21N3O2/c1-10-2-4-13(19-10)12(8-15)16-6-7-17-11(9-16)3-5-14(17)18/h2,4,11-12H,3,5-9,15H2,1H3. The zero-order valence-electron chi connectivity index (χ0n) is 11.3. The normalized spacial score (nSPS) is 25.7. The minimum absolute atomic E-state index is 0.131. The lowest BCUT2D eigenvalue weighted by Crippen LogP contribution is -2.53. The summed E-state index contributed by atoms with van der Waals surface area (Å²) in [4.78, 5) is 16.1. The molecule has 2 N–H and O–H groups in total. The Morgan fingerprint density at radius 2 is 2.32 bits per heavy atom. The third-order valence-electron chi connectivity index (χ3n) is 4.28. The monoisotopic (exact) mass is 263 g/mol. The van der Waals surface area contributed by atoms with E-state index in [1.54, 1.807) is 0 Å². The lowest BCUT2D eigenvalue weighted by molar-refractivity contribution is -0.131. The van der Waals surface area contributed by atoms with Gasteiger partial charge in [-0.1, -0.05) is 0 Å². The van der Waals surface area contributed by atoms with Crippen molar-refractivity contribution in [1.29, 1.82) is 0 Å². The summed E-state index contributed by atoms with van der Waals surface area (Å²) in [6.07, 6.45) is 1.68. The van der Waals surface area contributed by atoms with E-state index in [1.165, 1.54) is 0 Å². The van der Waals surface area contributed by atoms with Crippen molar-refractivity contribution in [2.45, 2.75) is 31.8 Å². The van der Waals surface area contributed by atoms with Crippen LogP contribution in [-0.2, 0) is 4.79 Å². The summed E-state index contributed by atoms with van der Waals surface area (Å²) < 4.78 is 5.72. The van der Waals surface area contributed by atoms with Crippen LogP contribution in [0.15, 0.2) is 16.5 Å². The highest BCUT2D eigenvalue weighted by Gasteiger charge is 2.37. The van der Waals surface area contributed by atoms with Crippen molar-refractivity contribution < 1.29 is 9.21 Å². The number of nitrogens with zero attached hydrogens (tertiary/aromatic N) is 2. The number of amides is 1. The molecule has 104 valence electrons. The Morgan fingerprint density at radius 1 is 1.47 bits per heavy atom. The van der Waals surface area contributed by atoms with Crippen LogP contribution in [0.2, 0.25) is 0 Å². The molecule has 2 aliphatic heterocycles. The highest BCUT2D eigenvalue weighted by molar-refractivity contribution is 5.78. The number of fused-ring (bicyclic) bond motifs is 1. The number of nitrogens with two attached hydrogens (primary N) is 1. The average molecular weight is 263 g/mol. The summed E-state index contributed by atoms with van der Waals surface area (Å²) in [5.74, 6) is 2.17. The molecule has 2 aliphatic rings. The molecule has 2 fully saturated rings. The molecule has 5 nitrogen and oxygen atoms in total. The molecule has 0 bridgehead atoms. The third kappa shape index (κ3) is 2.28. The first-order valence-corrected chi connectivity index (χ1v) is 6.99. The van der Waals surface area contributed by atoms with Crippen molar-refractivity contribution in [1.82, 2.24) is 9.80 Å². The lowest BCUT2D eigenvalue weighted by atomic mass is 10.1. The molecular weight excluding hydrogens is 242 g/mol. The predicted octanol–water partition coefficient (Wildman–Crippen LogP) is 0.894. The van der Waals surface area contributed by atoms with E-state index >= 15 is 0 Å². The van der Waals surface area contributed by atoms with Gasteiger partial charge >= 0.3 is 0 Å². The fourth-order valence-electron chi connectivity index (χ4n) is 3.25. The molecule has 3 heterocycles. The molecule has 0 radical (unpaired) electrons. The van der Waals surface area contributed by atoms with Crippen LogP contribution in [0.3, 0.4) is 0 Å². The summed E-state index contributed by atoms with van der Waals surface area (Å²) in [5, 5.41) is 0. The maximum absolute atomic E-state index is 11.7. The number of aryl methyl sites for hydroxylation is 1. The van der Waals surface area contributed by atoms with Crippen LogP contribution in [0.4, 0.5) is 0 Å². The number of carbonyl (C=O) groups is 1. The summed E-state index contributed by atoms with van der Waals surface area (Å²) in [7, 11) is 0. The maximum Gasteiger partial charge on any atom is 0.222 e. The molecule has 19 heavy (non-hydrogen) atoms. The van der Waals surface area contributed by atoms with Crippen LogP contribution in [0.25, 0.3) is 0 Å². The molecule has 0 saturated carbocycles. The molecule has 0 aromatic carbocycles. The van der Waals surface area contributed by atoms with Crippen LogP contribution in [-0.4, -0.2) is 47.9 Å². The van der Waals surface area contributed by atoms with Crippen LogP contribution < -0.4 is 5.73 Å². The van der Waals surface area contributed by atoms with Gasteiger partial charge in [0.05, 0.1) is 6.04 Å². The van der Waals surface area contributed by atoms with Gasteiger partial charge in [0.1, 0.15) is 11.5 Å². The second-order valence-electron chi connectivity index (χ2n) is 5.47. The van der Waals surface area contributed by atoms with Gasteiger partial charge in [0, 0.05) is 38.6 Å². The van der Waals surface area contributed by atoms with Gasteiger partial charge in [0.25, 0.3) is 0 Å². The van der Waals surface area contributed by atoms with E-state index in [1.807, 2.05) is 24.0 Å². The molecule has 2 saturated heterocycles. The fourth-order valence-corrected chi connectivity index (χ4v) is 3.25. The quantitative estimate of drug-likeness (QED) is 0.880. The number of rotatable bonds is 3. The molecular formula is C14H21N3O2. The zero-order chi connectivity index (χ0) is 13.4. The van der Waals surface area contributed by atoms with Crippen molar-refractivity contribution in [3.05, 3.63) is 23.7 Å². The molecule has 1 amide bonds. The molecule has 0 aliphatic carbocycles. The zero-order valence-corrected chi connectivity index (χ0v) is 11.3. The average Bonchev–Trinajstić information content (AvgIpc) is 2.98. The number of hydrogen-bond acceptors (Lipinski definition) is 4. The first-order chi connectivity index (χ1) is 9.19. The van der Waals surface area contributed by atoms with Crippen molar-refractivity contribution in [2.75, 3.05) is 26.2 Å². The van der Waals surface area contributed by atoms with E-state index < -0.39 is 0 Å². The van der Waals surface area contributed by atoms with Gasteiger partial charge in [-0.25, -0.2) is 0 Å². The van der Waals surface area contributed by atoms with Gasteiger partial charge in [-0.05, 0) is 25.5 Å². The van der Waals surface area contributed by atoms with E-state index in [2.05, 4.69) is 4.90 Å². The van der Waals surface area contributed by atoms with Crippen molar-refractivity contribution >= 4 is 5.91 Å². The Bertz CT molecular complexity index is 471. The number of hydrogen-bond donors (Lipinski definition) is 1. The Hall–Kier alpha value is -1.33. The summed E-state index contributed by atoms with van der Waals surface area (Å²) >= 11 is 0. The Balaban J connectivity index is 1.73. The molecule has 2 atom stereocenters. The SMILES string of the molecule is Cc1ccc(C(CN)N2CCN3C(=O)CCC3C2)o1. The van der Waals surface area contributed by atoms with Crippen LogP contribution in [0, 0.1) is 6.92 Å². The molecule has 3 rings (SSSR count). The Labute approximate surface area is 113 Å². The first-order valence-electron chi connectivity index (χ1n) is 6.99. The molecule has 0 spiro atoms. The van der Waals surface area contributed by atoms with Crippen LogP contribution >= 0.6 is 0 Å². The number of piperazine rings is 1. The predicted molar refractivity (Wildman–Crippen MR) is 71.5 cm³/mol. The summed E-state index contributed by atoms with van der Waals surface area (Å²) in [6.45, 7) is 5.11. The first kappa shape index (κ1) is 12.7. The largest absolute Gasteiger partial charge is 0.465 e. The van der Waals surface area contributed by atoms with Gasteiger partial charge in [-0.3, -0.25) is 9.69 Å². The lowest BCUT2D eigenvalue weighted by Gasteiger charge is -2.40. The molecule has 5 heteroatoms. The second-order valence-corrected chi connectivity index (χ2v) is 5.47. The van der Waals surface area contributed by atoms with Gasteiger partial charge in [0.2, 0.25) is 5.91 Å². The summed E-state index contributed by atoms with van der Waals surface area (Å²) in [5.41, 5.74) is 5.93.